The summed E-state index contributed by atoms with van der Waals surface area (Å²) in [5.41, 5.74) is 0.874. The fourth-order valence-electron chi connectivity index (χ4n) is 3.03. The third kappa shape index (κ3) is 6.55. The van der Waals surface area contributed by atoms with Crippen LogP contribution in [0.3, 0.4) is 0 Å². The average Bonchev–Trinajstić information content (AvgIpc) is 3.10. The lowest BCUT2D eigenvalue weighted by Crippen LogP contribution is -2.54. The summed E-state index contributed by atoms with van der Waals surface area (Å²) in [5.74, 6) is -0.258. The second-order valence-electron chi connectivity index (χ2n) is 9.53. The molecule has 0 saturated heterocycles. The number of hydrogen-bond donors (Lipinski definition) is 1. The molecule has 32 heavy (non-hydrogen) atoms. The van der Waals surface area contributed by atoms with Crippen molar-refractivity contribution in [3.05, 3.63) is 35.9 Å². The summed E-state index contributed by atoms with van der Waals surface area (Å²) in [7, 11) is -0.853. The Balaban J connectivity index is 2.20. The van der Waals surface area contributed by atoms with Crippen molar-refractivity contribution in [2.24, 2.45) is 4.99 Å². The number of methoxy groups -OCH3 is 1. The van der Waals surface area contributed by atoms with Gasteiger partial charge in [-0.05, 0) is 37.5 Å². The van der Waals surface area contributed by atoms with Crippen LogP contribution >= 0.6 is 0 Å². The van der Waals surface area contributed by atoms with Crippen LogP contribution in [0.5, 0.6) is 0 Å². The molecule has 1 amide bonds. The second kappa shape index (κ2) is 10.5. The highest BCUT2D eigenvalue weighted by molar-refractivity contribution is 6.74. The molecule has 178 valence electrons. The maximum Gasteiger partial charge on any atom is 0.408 e. The first-order chi connectivity index (χ1) is 14.9. The zero-order valence-electron chi connectivity index (χ0n) is 20.3. The van der Waals surface area contributed by atoms with Gasteiger partial charge in [-0.25, -0.2) is 14.6 Å². The van der Waals surface area contributed by atoms with E-state index in [1.54, 1.807) is 6.92 Å². The Morgan fingerprint density at radius 1 is 1.22 bits per heavy atom. The minimum absolute atomic E-state index is 0.0280. The van der Waals surface area contributed by atoms with Gasteiger partial charge in [-0.3, -0.25) is 0 Å². The Hall–Kier alpha value is -2.39. The molecule has 0 fully saturated rings. The van der Waals surface area contributed by atoms with Gasteiger partial charge in [0, 0.05) is 0 Å². The minimum atomic E-state index is -2.16. The molecule has 2 rings (SSSR count). The van der Waals surface area contributed by atoms with Gasteiger partial charge >= 0.3 is 12.1 Å². The van der Waals surface area contributed by atoms with Crippen molar-refractivity contribution < 1.29 is 28.2 Å². The first kappa shape index (κ1) is 25.9. The van der Waals surface area contributed by atoms with Gasteiger partial charge in [-0.2, -0.15) is 0 Å². The molecule has 1 aliphatic rings. The van der Waals surface area contributed by atoms with E-state index in [2.05, 4.69) is 44.2 Å². The summed E-state index contributed by atoms with van der Waals surface area (Å²) in [6, 6.07) is 7.90. The van der Waals surface area contributed by atoms with Crippen molar-refractivity contribution in [3.63, 3.8) is 0 Å². The predicted octanol–water partition coefficient (Wildman–Crippen LogP) is 4.05. The topological polar surface area (TPSA) is 95.5 Å². The van der Waals surface area contributed by atoms with Crippen LogP contribution in [0.2, 0.25) is 18.1 Å². The highest BCUT2D eigenvalue weighted by Gasteiger charge is 2.44. The smallest absolute Gasteiger partial charge is 0.408 e. The Kier molecular flexibility index (Phi) is 8.47. The number of ether oxygens (including phenoxy) is 3. The normalized spacial score (nSPS) is 20.6. The molecular weight excluding hydrogens is 428 g/mol. The monoisotopic (exact) mass is 464 g/mol. The lowest BCUT2D eigenvalue weighted by Gasteiger charge is -2.40. The molecule has 1 aromatic rings. The third-order valence-corrected chi connectivity index (χ3v) is 10.5. The SMILES string of the molecule is COC(=O)[C@H]1N=C([C@@H](NC(=O)OCc2ccccc2)[C@@H](C)O[Si](C)(C)C(C)(C)C)O[C@H]1C. The van der Waals surface area contributed by atoms with Gasteiger partial charge in [0.25, 0.3) is 0 Å². The van der Waals surface area contributed by atoms with E-state index >= 15 is 0 Å². The molecule has 0 unspecified atom stereocenters. The van der Waals surface area contributed by atoms with Crippen molar-refractivity contribution in [1.82, 2.24) is 5.32 Å². The number of alkyl carbamates (subject to hydrolysis) is 1. The molecule has 8 nitrogen and oxygen atoms in total. The van der Waals surface area contributed by atoms with Crippen LogP contribution < -0.4 is 5.32 Å². The van der Waals surface area contributed by atoms with Crippen LogP contribution in [-0.4, -0.2) is 57.7 Å². The Morgan fingerprint density at radius 3 is 2.41 bits per heavy atom. The average molecular weight is 465 g/mol. The quantitative estimate of drug-likeness (QED) is 0.461. The third-order valence-electron chi connectivity index (χ3n) is 5.97. The molecule has 0 aromatic heterocycles. The molecule has 4 atom stereocenters. The number of esters is 1. The summed E-state index contributed by atoms with van der Waals surface area (Å²) >= 11 is 0. The molecule has 0 saturated carbocycles. The van der Waals surface area contributed by atoms with Crippen molar-refractivity contribution in [2.45, 2.75) is 83.6 Å². The van der Waals surface area contributed by atoms with Crippen LogP contribution in [0.25, 0.3) is 0 Å². The maximum absolute atomic E-state index is 12.6. The van der Waals surface area contributed by atoms with Gasteiger partial charge in [-0.15, -0.1) is 0 Å². The van der Waals surface area contributed by atoms with Crippen molar-refractivity contribution in [2.75, 3.05) is 7.11 Å². The van der Waals surface area contributed by atoms with Crippen LogP contribution in [-0.2, 0) is 30.0 Å². The molecule has 0 bridgehead atoms. The van der Waals surface area contributed by atoms with Gasteiger partial charge in [0.2, 0.25) is 5.90 Å². The predicted molar refractivity (Wildman–Crippen MR) is 125 cm³/mol. The van der Waals surface area contributed by atoms with E-state index < -0.39 is 44.7 Å². The maximum atomic E-state index is 12.6. The Bertz CT molecular complexity index is 822. The van der Waals surface area contributed by atoms with Crippen molar-refractivity contribution in [3.8, 4) is 0 Å². The number of carbonyl (C=O) groups excluding carboxylic acids is 2. The van der Waals surface area contributed by atoms with Gasteiger partial charge in [0.15, 0.2) is 14.4 Å². The molecule has 1 aliphatic heterocycles. The van der Waals surface area contributed by atoms with E-state index in [1.165, 1.54) is 7.11 Å². The number of nitrogens with zero attached hydrogens (tertiary/aromatic N) is 1. The van der Waals surface area contributed by atoms with Gasteiger partial charge < -0.3 is 24.0 Å². The number of aliphatic imine (C=N–C) groups is 1. The summed E-state index contributed by atoms with van der Waals surface area (Å²) in [6.07, 6.45) is -1.59. The van der Waals surface area contributed by atoms with Gasteiger partial charge in [0.05, 0.1) is 13.2 Å². The second-order valence-corrected chi connectivity index (χ2v) is 14.3. The van der Waals surface area contributed by atoms with Crippen LogP contribution in [0, 0.1) is 0 Å². The number of benzene rings is 1. The molecule has 1 N–H and O–H groups in total. The Morgan fingerprint density at radius 2 is 1.84 bits per heavy atom. The van der Waals surface area contributed by atoms with Crippen LogP contribution in [0.15, 0.2) is 35.3 Å². The first-order valence-electron chi connectivity index (χ1n) is 10.8. The van der Waals surface area contributed by atoms with E-state index in [1.807, 2.05) is 37.3 Å². The number of carbonyl (C=O) groups is 2. The van der Waals surface area contributed by atoms with E-state index in [-0.39, 0.29) is 17.5 Å². The molecule has 0 spiro atoms. The van der Waals surface area contributed by atoms with Gasteiger partial charge in [-0.1, -0.05) is 51.1 Å². The molecule has 9 heteroatoms. The zero-order valence-corrected chi connectivity index (χ0v) is 21.3. The highest BCUT2D eigenvalue weighted by Crippen LogP contribution is 2.37. The van der Waals surface area contributed by atoms with Crippen LogP contribution in [0.4, 0.5) is 4.79 Å². The van der Waals surface area contributed by atoms with Crippen molar-refractivity contribution >= 4 is 26.3 Å². The lowest BCUT2D eigenvalue weighted by molar-refractivity contribution is -0.143. The fraction of sp³-hybridized carbons (Fsp3) is 0.609. The molecule has 1 heterocycles. The molecule has 1 aromatic carbocycles. The Labute approximate surface area is 191 Å². The number of amides is 1. The zero-order chi connectivity index (χ0) is 24.1. The fourth-order valence-corrected chi connectivity index (χ4v) is 4.45. The molecular formula is C23H36N2O6Si. The summed E-state index contributed by atoms with van der Waals surface area (Å²) in [6.45, 7) is 14.4. The van der Waals surface area contributed by atoms with E-state index in [9.17, 15) is 9.59 Å². The highest BCUT2D eigenvalue weighted by atomic mass is 28.4. The molecule has 0 aliphatic carbocycles. The number of nitrogens with one attached hydrogen (secondary N) is 1. The van der Waals surface area contributed by atoms with E-state index in [0.29, 0.717) is 0 Å². The van der Waals surface area contributed by atoms with Gasteiger partial charge in [0.1, 0.15) is 18.8 Å². The summed E-state index contributed by atoms with van der Waals surface area (Å²) in [5, 5.41) is 2.80. The standard InChI is InChI=1S/C23H36N2O6Si/c1-15-19(21(26)28-6)24-20(30-15)18(16(2)31-32(7,8)23(3,4)5)25-22(27)29-14-17-12-10-9-11-13-17/h9-13,15-16,18-19H,14H2,1-8H3,(H,25,27)/t15-,16+,18-,19-/m0/s1. The summed E-state index contributed by atoms with van der Waals surface area (Å²) < 4.78 is 22.6. The number of hydrogen-bond acceptors (Lipinski definition) is 7. The lowest BCUT2D eigenvalue weighted by atomic mass is 10.2. The van der Waals surface area contributed by atoms with E-state index in [0.717, 1.165) is 5.56 Å². The largest absolute Gasteiger partial charge is 0.473 e. The molecule has 0 radical (unpaired) electrons. The van der Waals surface area contributed by atoms with Crippen LogP contribution in [0.1, 0.15) is 40.2 Å². The first-order valence-corrected chi connectivity index (χ1v) is 13.7. The van der Waals surface area contributed by atoms with E-state index in [4.69, 9.17) is 18.6 Å². The summed E-state index contributed by atoms with van der Waals surface area (Å²) in [4.78, 5) is 29.1. The number of rotatable bonds is 8. The van der Waals surface area contributed by atoms with Crippen molar-refractivity contribution in [1.29, 1.82) is 0 Å². The minimum Gasteiger partial charge on any atom is -0.473 e.